The highest BCUT2D eigenvalue weighted by Gasteiger charge is 2.41. The molecule has 3 rings (SSSR count). The molecule has 1 aromatic rings. The van der Waals surface area contributed by atoms with Gasteiger partial charge in [-0.2, -0.15) is 5.26 Å². The lowest BCUT2D eigenvalue weighted by molar-refractivity contribution is 0.0380. The molecular formula is C19H21NO2. The first-order valence-corrected chi connectivity index (χ1v) is 8.05. The summed E-state index contributed by atoms with van der Waals surface area (Å²) in [6.45, 7) is 1.88. The summed E-state index contributed by atoms with van der Waals surface area (Å²) in [4.78, 5) is 12.9. The summed E-state index contributed by atoms with van der Waals surface area (Å²) in [5.74, 6) is 0.861. The molecule has 1 aromatic carbocycles. The highest BCUT2D eigenvalue weighted by molar-refractivity contribution is 6.01. The molecule has 22 heavy (non-hydrogen) atoms. The van der Waals surface area contributed by atoms with Gasteiger partial charge in [0, 0.05) is 11.8 Å². The van der Waals surface area contributed by atoms with Gasteiger partial charge in [-0.25, -0.2) is 0 Å². The summed E-state index contributed by atoms with van der Waals surface area (Å²) in [7, 11) is 0. The largest absolute Gasteiger partial charge is 0.489 e. The van der Waals surface area contributed by atoms with Crippen LogP contribution in [0.5, 0.6) is 5.75 Å². The molecule has 0 saturated carbocycles. The summed E-state index contributed by atoms with van der Waals surface area (Å²) in [6.07, 6.45) is 7.90. The van der Waals surface area contributed by atoms with Gasteiger partial charge in [-0.15, -0.1) is 0 Å². The third-order valence-electron chi connectivity index (χ3n) is 4.75. The average Bonchev–Trinajstić information content (AvgIpc) is 2.58. The number of carbonyl (C=O) groups excluding carboxylic acids is 1. The van der Waals surface area contributed by atoms with E-state index < -0.39 is 0 Å². The number of ketones is 1. The number of Topliss-reactive ketones (excluding diaryl/α,β-unsaturated/α-hetero) is 1. The summed E-state index contributed by atoms with van der Waals surface area (Å²) >= 11 is 0. The zero-order valence-electron chi connectivity index (χ0n) is 12.9. The summed E-state index contributed by atoms with van der Waals surface area (Å²) in [6, 6.07) is 9.74. The average molecular weight is 295 g/mol. The number of ether oxygens (including phenoxy) is 1. The van der Waals surface area contributed by atoms with Gasteiger partial charge in [0.25, 0.3) is 0 Å². The molecule has 0 aromatic heterocycles. The topological polar surface area (TPSA) is 50.1 Å². The van der Waals surface area contributed by atoms with Crippen molar-refractivity contribution in [1.29, 1.82) is 5.26 Å². The lowest BCUT2D eigenvalue weighted by atomic mass is 9.75. The summed E-state index contributed by atoms with van der Waals surface area (Å²) in [5.41, 5.74) is 0.667. The van der Waals surface area contributed by atoms with Crippen molar-refractivity contribution < 1.29 is 9.53 Å². The van der Waals surface area contributed by atoms with Crippen LogP contribution < -0.4 is 4.74 Å². The van der Waals surface area contributed by atoms with E-state index in [9.17, 15) is 4.79 Å². The van der Waals surface area contributed by atoms with E-state index in [-0.39, 0.29) is 23.7 Å². The van der Waals surface area contributed by atoms with Crippen LogP contribution in [-0.2, 0) is 0 Å². The van der Waals surface area contributed by atoms with Crippen LogP contribution >= 0.6 is 0 Å². The molecule has 4 unspecified atom stereocenters. The third-order valence-corrected chi connectivity index (χ3v) is 4.75. The summed E-state index contributed by atoms with van der Waals surface area (Å²) < 4.78 is 6.24. The lowest BCUT2D eigenvalue weighted by Crippen LogP contribution is -2.43. The van der Waals surface area contributed by atoms with Gasteiger partial charge >= 0.3 is 0 Å². The fourth-order valence-electron chi connectivity index (χ4n) is 3.57. The molecule has 4 atom stereocenters. The SMILES string of the molecule is CC(C#N)CC1C(=O)c2ccccc2OC1C1CC=CCC1. The first-order valence-electron chi connectivity index (χ1n) is 8.05. The second-order valence-corrected chi connectivity index (χ2v) is 6.36. The van der Waals surface area contributed by atoms with Crippen LogP contribution in [0.25, 0.3) is 0 Å². The molecule has 3 nitrogen and oxygen atoms in total. The Kier molecular flexibility index (Phi) is 4.29. The first-order chi connectivity index (χ1) is 10.7. The number of nitrogens with zero attached hydrogens (tertiary/aromatic N) is 1. The maximum Gasteiger partial charge on any atom is 0.173 e. The number of rotatable bonds is 3. The van der Waals surface area contributed by atoms with E-state index in [4.69, 9.17) is 10.00 Å². The highest BCUT2D eigenvalue weighted by atomic mass is 16.5. The zero-order valence-corrected chi connectivity index (χ0v) is 12.9. The predicted molar refractivity (Wildman–Crippen MR) is 84.6 cm³/mol. The van der Waals surface area contributed by atoms with Crippen LogP contribution in [-0.4, -0.2) is 11.9 Å². The van der Waals surface area contributed by atoms with Crippen molar-refractivity contribution in [2.75, 3.05) is 0 Å². The molecule has 2 aliphatic rings. The van der Waals surface area contributed by atoms with Crippen LogP contribution in [0.1, 0.15) is 43.0 Å². The second-order valence-electron chi connectivity index (χ2n) is 6.36. The van der Waals surface area contributed by atoms with Gasteiger partial charge in [-0.3, -0.25) is 4.79 Å². The number of benzene rings is 1. The molecule has 0 amide bonds. The fraction of sp³-hybridized carbons (Fsp3) is 0.474. The van der Waals surface area contributed by atoms with E-state index >= 15 is 0 Å². The van der Waals surface area contributed by atoms with E-state index in [1.165, 1.54) is 0 Å². The Balaban J connectivity index is 1.93. The highest BCUT2D eigenvalue weighted by Crippen LogP contribution is 2.39. The van der Waals surface area contributed by atoms with Gasteiger partial charge in [0.15, 0.2) is 5.78 Å². The predicted octanol–water partition coefficient (Wildman–Crippen LogP) is 4.15. The normalized spacial score (nSPS) is 28.4. The van der Waals surface area contributed by atoms with E-state index in [1.807, 2.05) is 31.2 Å². The number of hydrogen-bond acceptors (Lipinski definition) is 3. The fourth-order valence-corrected chi connectivity index (χ4v) is 3.57. The second kappa shape index (κ2) is 6.36. The van der Waals surface area contributed by atoms with Crippen LogP contribution in [0.2, 0.25) is 0 Å². The number of hydrogen-bond donors (Lipinski definition) is 0. The Morgan fingerprint density at radius 3 is 2.91 bits per heavy atom. The van der Waals surface area contributed by atoms with E-state index in [0.717, 1.165) is 19.3 Å². The van der Waals surface area contributed by atoms with Crippen molar-refractivity contribution in [1.82, 2.24) is 0 Å². The molecule has 0 saturated heterocycles. The molecule has 0 N–H and O–H groups in total. The van der Waals surface area contributed by atoms with Gasteiger partial charge in [-0.05, 0) is 44.7 Å². The summed E-state index contributed by atoms with van der Waals surface area (Å²) in [5, 5.41) is 9.13. The quantitative estimate of drug-likeness (QED) is 0.787. The molecular weight excluding hydrogens is 274 g/mol. The molecule has 0 fully saturated rings. The number of carbonyl (C=O) groups is 1. The minimum Gasteiger partial charge on any atom is -0.489 e. The maximum atomic E-state index is 12.9. The van der Waals surface area contributed by atoms with Crippen molar-refractivity contribution >= 4 is 5.78 Å². The Morgan fingerprint density at radius 1 is 1.36 bits per heavy atom. The Hall–Kier alpha value is -2.08. The minimum atomic E-state index is -0.207. The van der Waals surface area contributed by atoms with Gasteiger partial charge in [0.1, 0.15) is 11.9 Å². The van der Waals surface area contributed by atoms with E-state index in [0.29, 0.717) is 23.7 Å². The van der Waals surface area contributed by atoms with E-state index in [1.54, 1.807) is 0 Å². The van der Waals surface area contributed by atoms with Crippen LogP contribution in [0.4, 0.5) is 0 Å². The van der Waals surface area contributed by atoms with Gasteiger partial charge in [0.2, 0.25) is 0 Å². The molecule has 0 bridgehead atoms. The van der Waals surface area contributed by atoms with Crippen molar-refractivity contribution in [3.05, 3.63) is 42.0 Å². The van der Waals surface area contributed by atoms with E-state index in [2.05, 4.69) is 18.2 Å². The van der Waals surface area contributed by atoms with Crippen molar-refractivity contribution in [3.8, 4) is 11.8 Å². The smallest absolute Gasteiger partial charge is 0.173 e. The van der Waals surface area contributed by atoms with Gasteiger partial charge in [0.05, 0.1) is 17.6 Å². The monoisotopic (exact) mass is 295 g/mol. The minimum absolute atomic E-state index is 0.108. The first kappa shape index (κ1) is 14.8. The van der Waals surface area contributed by atoms with Gasteiger partial charge in [-0.1, -0.05) is 24.3 Å². The molecule has 0 spiro atoms. The number of nitriles is 1. The zero-order chi connectivity index (χ0) is 15.5. The molecule has 114 valence electrons. The van der Waals surface area contributed by atoms with Crippen molar-refractivity contribution in [3.63, 3.8) is 0 Å². The number of allylic oxidation sites excluding steroid dienone is 2. The molecule has 1 heterocycles. The number of para-hydroxylation sites is 1. The maximum absolute atomic E-state index is 12.9. The van der Waals surface area contributed by atoms with Crippen molar-refractivity contribution in [2.45, 2.75) is 38.7 Å². The Labute approximate surface area is 131 Å². The lowest BCUT2D eigenvalue weighted by Gasteiger charge is -2.38. The Bertz CT molecular complexity index is 629. The molecule has 3 heteroatoms. The number of fused-ring (bicyclic) bond motifs is 1. The molecule has 0 radical (unpaired) electrons. The third kappa shape index (κ3) is 2.78. The van der Waals surface area contributed by atoms with Gasteiger partial charge < -0.3 is 4.74 Å². The van der Waals surface area contributed by atoms with Crippen LogP contribution in [0.3, 0.4) is 0 Å². The Morgan fingerprint density at radius 2 is 2.18 bits per heavy atom. The molecule has 1 aliphatic carbocycles. The standard InChI is InChI=1S/C19H21NO2/c1-13(12-20)11-16-18(21)15-9-5-6-10-17(15)22-19(16)14-7-3-2-4-8-14/h2-3,5-6,9-10,13-14,16,19H,4,7-8,11H2,1H3. The molecule has 1 aliphatic heterocycles. The van der Waals surface area contributed by atoms with Crippen LogP contribution in [0.15, 0.2) is 36.4 Å². The van der Waals surface area contributed by atoms with Crippen LogP contribution in [0, 0.1) is 29.1 Å². The van der Waals surface area contributed by atoms with Crippen molar-refractivity contribution in [2.24, 2.45) is 17.8 Å².